The maximum Gasteiger partial charge on any atom is 0.286 e. The van der Waals surface area contributed by atoms with Crippen LogP contribution < -0.4 is 10.5 Å². The third-order valence-corrected chi connectivity index (χ3v) is 2.17. The van der Waals surface area contributed by atoms with Crippen LogP contribution in [0.3, 0.4) is 0 Å². The highest BCUT2D eigenvalue weighted by atomic mass is 17.0. The number of aromatic nitrogens is 7. The number of rotatable bonds is 1. The Morgan fingerprint density at radius 2 is 2.14 bits per heavy atom. The average molecular weight is 306 g/mol. The molecule has 2 aromatic rings. The molecule has 0 atom stereocenters. The van der Waals surface area contributed by atoms with Crippen LogP contribution in [0.25, 0.3) is 0 Å². The van der Waals surface area contributed by atoms with Gasteiger partial charge < -0.3 is 5.21 Å². The number of hydrogen-bond donors (Lipinski definition) is 3. The van der Waals surface area contributed by atoms with Crippen molar-refractivity contribution in [3.8, 4) is 0 Å². The molecule has 0 unspecified atom stereocenters. The Hall–Kier alpha value is -3.82. The standard InChI is InChI=1S/C4HN10O2.C2H4N4/c15-14-2(4-7-12-13-8-4)1(9-16-14)3-5-10-11-6-3;3-6-1-4-5-2-6/h(H,5,6,10,11);1-2H,3H2/q-1;/p+1. The Bertz CT molecular complexity index is 726. The first-order valence-corrected chi connectivity index (χ1v) is 5.43. The number of nitrogens with two attached hydrogens (primary N) is 1. The molecular weight excluding hydrogens is 300 g/mol. The lowest BCUT2D eigenvalue weighted by molar-refractivity contribution is -0.638. The van der Waals surface area contributed by atoms with E-state index in [1.54, 1.807) is 6.33 Å². The topological polar surface area (TPSA) is 210 Å². The molecule has 0 amide bonds. The van der Waals surface area contributed by atoms with E-state index < -0.39 is 0 Å². The lowest BCUT2D eigenvalue weighted by Crippen LogP contribution is -2.41. The summed E-state index contributed by atoms with van der Waals surface area (Å²) in [6.07, 6.45) is 3.01. The molecule has 4 N–H and O–H groups in total. The fraction of sp³-hybridized carbons (Fsp3) is 0. The number of oxime groups is 1. The first-order valence-electron chi connectivity index (χ1n) is 5.43. The van der Waals surface area contributed by atoms with E-state index >= 15 is 0 Å². The van der Waals surface area contributed by atoms with Crippen molar-refractivity contribution in [1.82, 2.24) is 36.0 Å². The molecule has 16 heteroatoms. The zero-order valence-electron chi connectivity index (χ0n) is 10.5. The minimum atomic E-state index is -0.0774. The quantitative estimate of drug-likeness (QED) is 0.397. The molecule has 2 aliphatic rings. The smallest absolute Gasteiger partial charge is 0.286 e. The number of aromatic amines is 2. The third kappa shape index (κ3) is 2.56. The number of nitrogen functional groups attached to an aromatic ring is 1. The van der Waals surface area contributed by atoms with Gasteiger partial charge in [0.25, 0.3) is 6.33 Å². The van der Waals surface area contributed by atoms with Gasteiger partial charge in [-0.3, -0.25) is 10.8 Å². The first-order chi connectivity index (χ1) is 10.8. The van der Waals surface area contributed by atoms with Crippen molar-refractivity contribution >= 4 is 5.71 Å². The van der Waals surface area contributed by atoms with Gasteiger partial charge in [-0.05, 0) is 20.8 Å². The van der Waals surface area contributed by atoms with Gasteiger partial charge in [0.05, 0.1) is 0 Å². The molecule has 0 saturated heterocycles. The Balaban J connectivity index is 0.000000202. The van der Waals surface area contributed by atoms with E-state index in [4.69, 9.17) is 5.84 Å². The summed E-state index contributed by atoms with van der Waals surface area (Å²) in [6.45, 7) is 0. The van der Waals surface area contributed by atoms with Crippen molar-refractivity contribution < 1.29 is 9.61 Å². The van der Waals surface area contributed by atoms with Gasteiger partial charge in [-0.2, -0.15) is 5.21 Å². The number of hydroxylamine groups is 2. The Kier molecular flexibility index (Phi) is 3.39. The van der Waals surface area contributed by atoms with Crippen LogP contribution in [0.2, 0.25) is 0 Å². The zero-order chi connectivity index (χ0) is 15.4. The zero-order valence-corrected chi connectivity index (χ0v) is 10.5. The SMILES string of the molecule is N[n+]1cn[nH]c1.[O-]N1ON=C(c2nn[nH]n2)C1=C1N=NN=N1. The molecule has 2 aliphatic heterocycles. The second-order valence-electron chi connectivity index (χ2n) is 3.52. The number of allylic oxidation sites excluding steroid dienone is 1. The van der Waals surface area contributed by atoms with Crippen molar-refractivity contribution in [3.63, 3.8) is 0 Å². The number of nitrogens with one attached hydrogen (secondary N) is 2. The number of nitrogens with zero attached hydrogens (tertiary/aromatic N) is 11. The summed E-state index contributed by atoms with van der Waals surface area (Å²) in [7, 11) is 0. The second-order valence-corrected chi connectivity index (χ2v) is 3.52. The van der Waals surface area contributed by atoms with Crippen molar-refractivity contribution in [2.75, 3.05) is 5.84 Å². The Morgan fingerprint density at radius 3 is 2.68 bits per heavy atom. The van der Waals surface area contributed by atoms with Gasteiger partial charge in [0.1, 0.15) is 5.70 Å². The fourth-order valence-corrected chi connectivity index (χ4v) is 1.32. The molecule has 0 aliphatic carbocycles. The molecule has 0 saturated carbocycles. The summed E-state index contributed by atoms with van der Waals surface area (Å²) in [5.74, 6) is 5.15. The maximum absolute atomic E-state index is 11.3. The second kappa shape index (κ2) is 5.66. The van der Waals surface area contributed by atoms with Gasteiger partial charge in [0, 0.05) is 5.10 Å². The van der Waals surface area contributed by atoms with Crippen LogP contribution in [0.4, 0.5) is 0 Å². The van der Waals surface area contributed by atoms with Crippen molar-refractivity contribution in [1.29, 1.82) is 0 Å². The van der Waals surface area contributed by atoms with Crippen LogP contribution in [0.5, 0.6) is 0 Å². The van der Waals surface area contributed by atoms with Gasteiger partial charge in [-0.1, -0.05) is 0 Å². The largest absolute Gasteiger partial charge is 0.722 e. The van der Waals surface area contributed by atoms with Gasteiger partial charge in [0.15, 0.2) is 5.71 Å². The summed E-state index contributed by atoms with van der Waals surface area (Å²) in [5.41, 5.74) is -0.0232. The predicted octanol–water partition coefficient (Wildman–Crippen LogP) is -1.94. The van der Waals surface area contributed by atoms with Crippen molar-refractivity contribution in [2.45, 2.75) is 0 Å². The predicted molar refractivity (Wildman–Crippen MR) is 62.7 cm³/mol. The van der Waals surface area contributed by atoms with E-state index in [-0.39, 0.29) is 28.3 Å². The number of hydrogen-bond acceptors (Lipinski definition) is 13. The molecule has 0 spiro atoms. The fourth-order valence-electron chi connectivity index (χ4n) is 1.32. The van der Waals surface area contributed by atoms with E-state index in [0.29, 0.717) is 0 Å². The van der Waals surface area contributed by atoms with E-state index in [1.807, 2.05) is 0 Å². The van der Waals surface area contributed by atoms with E-state index in [1.165, 1.54) is 11.0 Å². The molecular formula is C6H6N14O2. The molecule has 16 nitrogen and oxygen atoms in total. The lowest BCUT2D eigenvalue weighted by Gasteiger charge is -2.19. The van der Waals surface area contributed by atoms with Crippen LogP contribution in [0.15, 0.2) is 50.0 Å². The Morgan fingerprint density at radius 1 is 1.32 bits per heavy atom. The molecule has 2 aromatic heterocycles. The van der Waals surface area contributed by atoms with Crippen LogP contribution in [0, 0.1) is 5.21 Å². The monoisotopic (exact) mass is 306 g/mol. The number of H-pyrrole nitrogens is 2. The normalized spacial score (nSPS) is 15.7. The molecule has 4 heterocycles. The van der Waals surface area contributed by atoms with Crippen LogP contribution in [0.1, 0.15) is 5.82 Å². The third-order valence-electron chi connectivity index (χ3n) is 2.17. The maximum atomic E-state index is 11.3. The van der Waals surface area contributed by atoms with Crippen molar-refractivity contribution in [2.24, 2.45) is 25.8 Å². The van der Waals surface area contributed by atoms with Crippen LogP contribution >= 0.6 is 0 Å². The van der Waals surface area contributed by atoms with Gasteiger partial charge in [-0.25, -0.2) is 5.23 Å². The summed E-state index contributed by atoms with van der Waals surface area (Å²) in [4.78, 5) is 4.40. The summed E-state index contributed by atoms with van der Waals surface area (Å²) in [5, 5.41) is 47.3. The highest BCUT2D eigenvalue weighted by Gasteiger charge is 2.29. The summed E-state index contributed by atoms with van der Waals surface area (Å²) < 4.78 is 1.33. The van der Waals surface area contributed by atoms with Gasteiger partial charge >= 0.3 is 0 Å². The van der Waals surface area contributed by atoms with Crippen molar-refractivity contribution in [3.05, 3.63) is 35.2 Å². The molecule has 0 bridgehead atoms. The lowest BCUT2D eigenvalue weighted by atomic mass is 10.2. The molecule has 0 aromatic carbocycles. The summed E-state index contributed by atoms with van der Waals surface area (Å²) >= 11 is 0. The van der Waals surface area contributed by atoms with Gasteiger partial charge in [-0.15, -0.1) is 30.2 Å². The minimum Gasteiger partial charge on any atom is -0.722 e. The minimum absolute atomic E-state index is 0.0314. The van der Waals surface area contributed by atoms with Crippen LogP contribution in [-0.4, -0.2) is 41.8 Å². The highest BCUT2D eigenvalue weighted by Crippen LogP contribution is 2.25. The number of tetrazole rings is 1. The van der Waals surface area contributed by atoms with Gasteiger partial charge in [0.2, 0.25) is 18.0 Å². The molecule has 4 rings (SSSR count). The van der Waals surface area contributed by atoms with E-state index in [0.717, 1.165) is 0 Å². The molecule has 22 heavy (non-hydrogen) atoms. The molecule has 0 fully saturated rings. The van der Waals surface area contributed by atoms with Crippen LogP contribution in [-0.2, 0) is 4.94 Å². The average Bonchev–Trinajstić information content (AvgIpc) is 3.27. The Labute approximate surface area is 119 Å². The van der Waals surface area contributed by atoms with E-state index in [2.05, 4.69) is 61.6 Å². The molecule has 112 valence electrons. The highest BCUT2D eigenvalue weighted by molar-refractivity contribution is 6.10. The summed E-state index contributed by atoms with van der Waals surface area (Å²) in [6, 6.07) is 0. The molecule has 0 radical (unpaired) electrons. The first kappa shape index (κ1) is 13.2. The van der Waals surface area contributed by atoms with E-state index in [9.17, 15) is 5.21 Å².